The fourth-order valence-corrected chi connectivity index (χ4v) is 0.643. The van der Waals surface area contributed by atoms with Gasteiger partial charge in [-0.15, -0.1) is 6.42 Å². The normalized spacial score (nSPS) is 13.9. The highest BCUT2D eigenvalue weighted by Gasteiger charge is 2.17. The minimum Gasteiger partial charge on any atom is -0.481 e. The minimum absolute atomic E-state index is 0.400. The molecule has 0 aromatic carbocycles. The number of carbonyl (C=O) groups excluding carboxylic acids is 1. The fraction of sp³-hybridized carbons (Fsp3) is 0.500. The van der Waals surface area contributed by atoms with Crippen LogP contribution in [0.2, 0.25) is 0 Å². The maximum atomic E-state index is 11.1. The van der Waals surface area contributed by atoms with Gasteiger partial charge in [-0.25, -0.2) is 0 Å². The van der Waals surface area contributed by atoms with Crippen LogP contribution in [0.4, 0.5) is 0 Å². The second kappa shape index (κ2) is 5.17. The highest BCUT2D eigenvalue weighted by atomic mass is 16.4. The topological polar surface area (TPSA) is 92.4 Å². The van der Waals surface area contributed by atoms with Gasteiger partial charge in [0, 0.05) is 0 Å². The average molecular weight is 184 g/mol. The first-order valence-electron chi connectivity index (χ1n) is 3.71. The molecule has 0 aromatic rings. The van der Waals surface area contributed by atoms with Crippen molar-refractivity contribution >= 4 is 11.9 Å². The predicted octanol–water partition coefficient (Wildman–Crippen LogP) is -1.07. The van der Waals surface area contributed by atoms with E-state index < -0.39 is 30.4 Å². The van der Waals surface area contributed by atoms with Crippen molar-refractivity contribution in [3.63, 3.8) is 0 Å². The molecule has 0 radical (unpaired) electrons. The molecule has 5 nitrogen and oxygen atoms in total. The molecule has 13 heavy (non-hydrogen) atoms. The van der Waals surface area contributed by atoms with Gasteiger partial charge >= 0.3 is 5.97 Å². The number of nitrogens with one attached hydrogen (secondary N) is 1. The van der Waals surface area contributed by atoms with E-state index in [4.69, 9.17) is 17.3 Å². The first-order valence-corrected chi connectivity index (χ1v) is 3.71. The second-order valence-corrected chi connectivity index (χ2v) is 2.60. The van der Waals surface area contributed by atoms with E-state index in [1.165, 1.54) is 0 Å². The Kier molecular flexibility index (Phi) is 4.55. The molecule has 0 saturated heterocycles. The Morgan fingerprint density at radius 3 is 2.62 bits per heavy atom. The third kappa shape index (κ3) is 4.82. The van der Waals surface area contributed by atoms with Crippen molar-refractivity contribution in [2.75, 3.05) is 0 Å². The second-order valence-electron chi connectivity index (χ2n) is 2.60. The summed E-state index contributed by atoms with van der Waals surface area (Å²) in [5.41, 5.74) is 5.26. The largest absolute Gasteiger partial charge is 0.481 e. The van der Waals surface area contributed by atoms with Crippen molar-refractivity contribution in [1.29, 1.82) is 0 Å². The van der Waals surface area contributed by atoms with E-state index in [1.54, 1.807) is 6.92 Å². The van der Waals surface area contributed by atoms with Crippen LogP contribution in [0.1, 0.15) is 13.3 Å². The molecule has 0 aliphatic heterocycles. The van der Waals surface area contributed by atoms with E-state index in [9.17, 15) is 9.59 Å². The third-order valence-corrected chi connectivity index (χ3v) is 1.34. The lowest BCUT2D eigenvalue weighted by atomic mass is 10.2. The molecule has 0 bridgehead atoms. The SMILES string of the molecule is C#CC(C)NC(=O)C(N)CC(=O)O. The molecule has 0 spiro atoms. The van der Waals surface area contributed by atoms with Gasteiger partial charge in [-0.3, -0.25) is 9.59 Å². The molecule has 2 unspecified atom stereocenters. The van der Waals surface area contributed by atoms with Gasteiger partial charge in [-0.2, -0.15) is 0 Å². The van der Waals surface area contributed by atoms with Crippen molar-refractivity contribution in [3.8, 4) is 12.3 Å². The summed E-state index contributed by atoms with van der Waals surface area (Å²) in [4.78, 5) is 21.2. The molecule has 72 valence electrons. The summed E-state index contributed by atoms with van der Waals surface area (Å²) in [6, 6.07) is -1.49. The van der Waals surface area contributed by atoms with E-state index in [1.807, 2.05) is 0 Å². The van der Waals surface area contributed by atoms with Crippen molar-refractivity contribution in [1.82, 2.24) is 5.32 Å². The van der Waals surface area contributed by atoms with Crippen molar-refractivity contribution in [2.45, 2.75) is 25.4 Å². The van der Waals surface area contributed by atoms with Gasteiger partial charge in [0.05, 0.1) is 18.5 Å². The Hall–Kier alpha value is -1.54. The number of nitrogens with two attached hydrogens (primary N) is 1. The highest BCUT2D eigenvalue weighted by molar-refractivity contribution is 5.86. The number of hydrogen-bond donors (Lipinski definition) is 3. The Labute approximate surface area is 76.3 Å². The average Bonchev–Trinajstić information content (AvgIpc) is 2.02. The standard InChI is InChI=1S/C8H12N2O3/c1-3-5(2)10-8(13)6(9)4-7(11)12/h1,5-6H,4,9H2,2H3,(H,10,13)(H,11,12). The van der Waals surface area contributed by atoms with Crippen LogP contribution in [-0.4, -0.2) is 29.1 Å². The van der Waals surface area contributed by atoms with Gasteiger partial charge < -0.3 is 16.2 Å². The van der Waals surface area contributed by atoms with Crippen molar-refractivity contribution < 1.29 is 14.7 Å². The number of aliphatic carboxylic acids is 1. The first-order chi connectivity index (χ1) is 5.97. The number of amides is 1. The summed E-state index contributed by atoms with van der Waals surface area (Å²) < 4.78 is 0. The van der Waals surface area contributed by atoms with Crippen LogP contribution in [0.3, 0.4) is 0 Å². The molecule has 0 aliphatic carbocycles. The molecule has 0 aromatic heterocycles. The Balaban J connectivity index is 3.98. The first kappa shape index (κ1) is 11.5. The molecule has 4 N–H and O–H groups in total. The van der Waals surface area contributed by atoms with E-state index in [-0.39, 0.29) is 0 Å². The smallest absolute Gasteiger partial charge is 0.305 e. The number of carbonyl (C=O) groups is 2. The van der Waals surface area contributed by atoms with Gasteiger partial charge in [-0.05, 0) is 6.92 Å². The molecule has 0 aliphatic rings. The van der Waals surface area contributed by atoms with E-state index in [0.717, 1.165) is 0 Å². The number of carboxylic acid groups (broad SMARTS) is 1. The molecular weight excluding hydrogens is 172 g/mol. The monoisotopic (exact) mass is 184 g/mol. The Bertz CT molecular complexity index is 244. The Morgan fingerprint density at radius 1 is 1.69 bits per heavy atom. The van der Waals surface area contributed by atoms with Crippen LogP contribution >= 0.6 is 0 Å². The minimum atomic E-state index is -1.11. The zero-order chi connectivity index (χ0) is 10.4. The quantitative estimate of drug-likeness (QED) is 0.485. The lowest BCUT2D eigenvalue weighted by molar-refractivity contribution is -0.139. The molecule has 1 amide bonds. The van der Waals surface area contributed by atoms with Crippen LogP contribution in [0.5, 0.6) is 0 Å². The zero-order valence-electron chi connectivity index (χ0n) is 7.28. The van der Waals surface area contributed by atoms with Gasteiger partial charge in [-0.1, -0.05) is 5.92 Å². The zero-order valence-corrected chi connectivity index (χ0v) is 7.28. The molecule has 5 heteroatoms. The van der Waals surface area contributed by atoms with Crippen LogP contribution in [-0.2, 0) is 9.59 Å². The summed E-state index contributed by atoms with van der Waals surface area (Å²) >= 11 is 0. The molecule has 2 atom stereocenters. The summed E-state index contributed by atoms with van der Waals surface area (Å²) in [7, 11) is 0. The molecule has 0 saturated carbocycles. The van der Waals surface area contributed by atoms with Crippen molar-refractivity contribution in [2.24, 2.45) is 5.73 Å². The molecular formula is C8H12N2O3. The highest BCUT2D eigenvalue weighted by Crippen LogP contribution is 1.89. The van der Waals surface area contributed by atoms with Crippen LogP contribution in [0, 0.1) is 12.3 Å². The summed E-state index contributed by atoms with van der Waals surface area (Å²) in [6.07, 6.45) is 4.60. The summed E-state index contributed by atoms with van der Waals surface area (Å²) in [6.45, 7) is 1.60. The number of hydrogen-bond acceptors (Lipinski definition) is 3. The van der Waals surface area contributed by atoms with Crippen LogP contribution in [0.15, 0.2) is 0 Å². The van der Waals surface area contributed by atoms with Gasteiger partial charge in [0.15, 0.2) is 0 Å². The van der Waals surface area contributed by atoms with Crippen LogP contribution in [0.25, 0.3) is 0 Å². The summed E-state index contributed by atoms with van der Waals surface area (Å²) in [5, 5.41) is 10.7. The lowest BCUT2D eigenvalue weighted by Crippen LogP contribution is -2.44. The van der Waals surface area contributed by atoms with Gasteiger partial charge in [0.25, 0.3) is 0 Å². The lowest BCUT2D eigenvalue weighted by Gasteiger charge is -2.11. The van der Waals surface area contributed by atoms with E-state index in [0.29, 0.717) is 0 Å². The van der Waals surface area contributed by atoms with Crippen LogP contribution < -0.4 is 11.1 Å². The number of terminal acetylenes is 1. The Morgan fingerprint density at radius 2 is 2.23 bits per heavy atom. The maximum absolute atomic E-state index is 11.1. The third-order valence-electron chi connectivity index (χ3n) is 1.34. The van der Waals surface area contributed by atoms with Crippen molar-refractivity contribution in [3.05, 3.63) is 0 Å². The summed E-state index contributed by atoms with van der Waals surface area (Å²) in [5.74, 6) is 0.606. The number of carboxylic acids is 1. The number of rotatable bonds is 4. The van der Waals surface area contributed by atoms with Gasteiger partial charge in [0.2, 0.25) is 5.91 Å². The molecule has 0 heterocycles. The maximum Gasteiger partial charge on any atom is 0.305 e. The fourth-order valence-electron chi connectivity index (χ4n) is 0.643. The van der Waals surface area contributed by atoms with E-state index >= 15 is 0 Å². The molecule has 0 rings (SSSR count). The van der Waals surface area contributed by atoms with E-state index in [2.05, 4.69) is 11.2 Å². The molecule has 0 fully saturated rings. The van der Waals surface area contributed by atoms with Gasteiger partial charge in [0.1, 0.15) is 0 Å². The predicted molar refractivity (Wildman–Crippen MR) is 46.7 cm³/mol.